The molecule has 0 bridgehead atoms. The monoisotopic (exact) mass is 235 g/mol. The first-order valence-corrected chi connectivity index (χ1v) is 6.24. The molecule has 1 N–H and O–H groups in total. The maximum Gasteiger partial charge on any atom is 0.323 e. The Bertz CT molecular complexity index is 390. The lowest BCUT2D eigenvalue weighted by Crippen LogP contribution is -2.44. The lowest BCUT2D eigenvalue weighted by Gasteiger charge is -2.34. The molecule has 0 saturated carbocycles. The number of likely N-dealkylation sites (tertiary alicyclic amines) is 1. The Morgan fingerprint density at radius 2 is 2.41 bits per heavy atom. The zero-order valence-corrected chi connectivity index (χ0v) is 9.76. The topological polar surface area (TPSA) is 58.2 Å². The van der Waals surface area contributed by atoms with Gasteiger partial charge in [0.2, 0.25) is 0 Å². The lowest BCUT2D eigenvalue weighted by atomic mass is 9.93. The fourth-order valence-corrected chi connectivity index (χ4v) is 2.85. The second-order valence-corrected chi connectivity index (χ2v) is 4.82. The van der Waals surface area contributed by atoms with Gasteiger partial charge in [-0.1, -0.05) is 0 Å². The summed E-state index contributed by atoms with van der Waals surface area (Å²) in [6.07, 6.45) is 4.93. The van der Waals surface area contributed by atoms with Crippen molar-refractivity contribution < 1.29 is 9.53 Å². The normalized spacial score (nSPS) is 30.5. The van der Waals surface area contributed by atoms with E-state index in [2.05, 4.69) is 15.1 Å². The first-order chi connectivity index (χ1) is 8.34. The van der Waals surface area contributed by atoms with Crippen LogP contribution in [0.2, 0.25) is 0 Å². The molecule has 0 unspecified atom stereocenters. The van der Waals surface area contributed by atoms with Crippen LogP contribution >= 0.6 is 0 Å². The number of cyclic esters (lactones) is 1. The number of rotatable bonds is 2. The van der Waals surface area contributed by atoms with Crippen molar-refractivity contribution in [2.75, 3.05) is 19.7 Å². The minimum absolute atomic E-state index is 0.0132. The van der Waals surface area contributed by atoms with E-state index in [1.807, 2.05) is 6.07 Å². The van der Waals surface area contributed by atoms with Crippen LogP contribution < -0.4 is 0 Å². The number of nitrogens with one attached hydrogen (secondary N) is 1. The van der Waals surface area contributed by atoms with Gasteiger partial charge in [-0.25, -0.2) is 0 Å². The third kappa shape index (κ3) is 2.07. The molecule has 2 aliphatic rings. The number of aromatic nitrogens is 2. The number of esters is 1. The molecule has 5 heteroatoms. The molecule has 0 radical (unpaired) electrons. The van der Waals surface area contributed by atoms with Gasteiger partial charge in [-0.3, -0.25) is 14.8 Å². The molecule has 17 heavy (non-hydrogen) atoms. The maximum atomic E-state index is 11.6. The summed E-state index contributed by atoms with van der Waals surface area (Å²) in [6, 6.07) is 2.02. The van der Waals surface area contributed by atoms with Gasteiger partial charge >= 0.3 is 5.97 Å². The van der Waals surface area contributed by atoms with Gasteiger partial charge in [0.05, 0.1) is 6.61 Å². The van der Waals surface area contributed by atoms with E-state index in [1.54, 1.807) is 6.20 Å². The zero-order chi connectivity index (χ0) is 11.7. The number of H-pyrrole nitrogens is 1. The van der Waals surface area contributed by atoms with Crippen molar-refractivity contribution in [3.8, 4) is 0 Å². The third-order valence-corrected chi connectivity index (χ3v) is 3.76. The second kappa shape index (κ2) is 4.49. The number of carbonyl (C=O) groups excluding carboxylic acids is 1. The molecule has 5 nitrogen and oxygen atoms in total. The molecule has 1 aromatic heterocycles. The van der Waals surface area contributed by atoms with Crippen molar-refractivity contribution >= 4 is 5.97 Å². The number of piperidine rings is 1. The number of hydrogen-bond donors (Lipinski definition) is 1. The van der Waals surface area contributed by atoms with Crippen molar-refractivity contribution in [3.05, 3.63) is 18.0 Å². The Morgan fingerprint density at radius 3 is 3.12 bits per heavy atom. The van der Waals surface area contributed by atoms with Crippen molar-refractivity contribution in [1.29, 1.82) is 0 Å². The van der Waals surface area contributed by atoms with Gasteiger partial charge in [-0.05, 0) is 25.5 Å². The quantitative estimate of drug-likeness (QED) is 0.774. The van der Waals surface area contributed by atoms with Gasteiger partial charge in [0.25, 0.3) is 0 Å². The van der Waals surface area contributed by atoms with Crippen molar-refractivity contribution in [2.45, 2.75) is 31.2 Å². The highest BCUT2D eigenvalue weighted by atomic mass is 16.5. The van der Waals surface area contributed by atoms with E-state index >= 15 is 0 Å². The van der Waals surface area contributed by atoms with Gasteiger partial charge in [-0.2, -0.15) is 5.10 Å². The lowest BCUT2D eigenvalue weighted by molar-refractivity contribution is -0.142. The first kappa shape index (κ1) is 10.8. The van der Waals surface area contributed by atoms with Crippen LogP contribution in [0.15, 0.2) is 12.3 Å². The van der Waals surface area contributed by atoms with Gasteiger partial charge in [0.15, 0.2) is 0 Å². The van der Waals surface area contributed by atoms with Crippen LogP contribution in [0.1, 0.15) is 30.9 Å². The Hall–Kier alpha value is -1.36. The summed E-state index contributed by atoms with van der Waals surface area (Å²) < 4.78 is 5.04. The van der Waals surface area contributed by atoms with E-state index in [-0.39, 0.29) is 12.0 Å². The molecule has 2 atom stereocenters. The van der Waals surface area contributed by atoms with E-state index < -0.39 is 0 Å². The average Bonchev–Trinajstić information content (AvgIpc) is 2.99. The van der Waals surface area contributed by atoms with Gasteiger partial charge in [0.1, 0.15) is 6.04 Å². The number of ether oxygens (including phenoxy) is 1. The standard InChI is InChI=1S/C12H17N3O2/c16-12-11(4-7-17-12)15-6-1-2-9(8-15)10-3-5-13-14-10/h3,5,9,11H,1-2,4,6-8H2,(H,13,14)/t9-,11-/m0/s1. The molecule has 3 heterocycles. The molecule has 3 rings (SSSR count). The molecule has 0 amide bonds. The number of hydrogen-bond acceptors (Lipinski definition) is 4. The van der Waals surface area contributed by atoms with Crippen molar-refractivity contribution in [3.63, 3.8) is 0 Å². The Balaban J connectivity index is 1.69. The minimum Gasteiger partial charge on any atom is -0.464 e. The van der Waals surface area contributed by atoms with E-state index in [4.69, 9.17) is 4.74 Å². The molecular weight excluding hydrogens is 218 g/mol. The number of aromatic amines is 1. The maximum absolute atomic E-state index is 11.6. The smallest absolute Gasteiger partial charge is 0.323 e. The van der Waals surface area contributed by atoms with Crippen LogP contribution in [0.3, 0.4) is 0 Å². The third-order valence-electron chi connectivity index (χ3n) is 3.76. The number of carbonyl (C=O) groups is 1. The Labute approximate surface area is 100 Å². The fourth-order valence-electron chi connectivity index (χ4n) is 2.85. The summed E-state index contributed by atoms with van der Waals surface area (Å²) in [6.45, 7) is 2.51. The summed E-state index contributed by atoms with van der Waals surface area (Å²) in [4.78, 5) is 13.9. The Kier molecular flexibility index (Phi) is 2.84. The van der Waals surface area contributed by atoms with Crippen LogP contribution in [-0.2, 0) is 9.53 Å². The summed E-state index contributed by atoms with van der Waals surface area (Å²) in [5.74, 6) is 0.426. The molecule has 92 valence electrons. The summed E-state index contributed by atoms with van der Waals surface area (Å²) in [5, 5.41) is 7.04. The van der Waals surface area contributed by atoms with E-state index in [0.717, 1.165) is 25.9 Å². The second-order valence-electron chi connectivity index (χ2n) is 4.82. The zero-order valence-electron chi connectivity index (χ0n) is 9.76. The SMILES string of the molecule is O=C1OCC[C@@H]1N1CCC[C@H](c2ccn[nH]2)C1. The minimum atomic E-state index is -0.0461. The van der Waals surface area contributed by atoms with E-state index in [1.165, 1.54) is 12.1 Å². The molecule has 1 aromatic rings. The fraction of sp³-hybridized carbons (Fsp3) is 0.667. The average molecular weight is 235 g/mol. The summed E-state index contributed by atoms with van der Waals surface area (Å²) in [5.41, 5.74) is 1.18. The number of nitrogens with zero attached hydrogens (tertiary/aromatic N) is 2. The molecule has 0 aliphatic carbocycles. The first-order valence-electron chi connectivity index (χ1n) is 6.24. The Morgan fingerprint density at radius 1 is 1.47 bits per heavy atom. The molecule has 0 spiro atoms. The van der Waals surface area contributed by atoms with E-state index in [0.29, 0.717) is 12.5 Å². The molecule has 0 aromatic carbocycles. The molecule has 2 saturated heterocycles. The highest BCUT2D eigenvalue weighted by molar-refractivity contribution is 5.77. The molecular formula is C12H17N3O2. The molecule has 2 fully saturated rings. The highest BCUT2D eigenvalue weighted by Gasteiger charge is 2.35. The van der Waals surface area contributed by atoms with E-state index in [9.17, 15) is 4.79 Å². The largest absolute Gasteiger partial charge is 0.464 e. The highest BCUT2D eigenvalue weighted by Crippen LogP contribution is 2.28. The van der Waals surface area contributed by atoms with Gasteiger partial charge in [-0.15, -0.1) is 0 Å². The van der Waals surface area contributed by atoms with Gasteiger partial charge in [0, 0.05) is 30.8 Å². The predicted octanol–water partition coefficient (Wildman–Crippen LogP) is 0.905. The van der Waals surface area contributed by atoms with Crippen LogP contribution in [0.25, 0.3) is 0 Å². The van der Waals surface area contributed by atoms with Crippen LogP contribution in [0.4, 0.5) is 0 Å². The van der Waals surface area contributed by atoms with Crippen LogP contribution in [0, 0.1) is 0 Å². The van der Waals surface area contributed by atoms with Gasteiger partial charge < -0.3 is 4.74 Å². The van der Waals surface area contributed by atoms with Crippen LogP contribution in [0.5, 0.6) is 0 Å². The van der Waals surface area contributed by atoms with Crippen LogP contribution in [-0.4, -0.2) is 46.8 Å². The summed E-state index contributed by atoms with van der Waals surface area (Å²) >= 11 is 0. The summed E-state index contributed by atoms with van der Waals surface area (Å²) in [7, 11) is 0. The molecule has 2 aliphatic heterocycles. The van der Waals surface area contributed by atoms with Crippen molar-refractivity contribution in [1.82, 2.24) is 15.1 Å². The van der Waals surface area contributed by atoms with Crippen molar-refractivity contribution in [2.24, 2.45) is 0 Å². The predicted molar refractivity (Wildman–Crippen MR) is 61.5 cm³/mol.